The second kappa shape index (κ2) is 6.19. The van der Waals surface area contributed by atoms with Crippen molar-refractivity contribution in [3.8, 4) is 0 Å². The Morgan fingerprint density at radius 2 is 2.43 bits per heavy atom. The van der Waals surface area contributed by atoms with Gasteiger partial charge in [-0.05, 0) is 20.3 Å². The molecule has 14 heavy (non-hydrogen) atoms. The van der Waals surface area contributed by atoms with Crippen LogP contribution in [0, 0.1) is 0 Å². The Bertz CT molecular complexity index is 260. The van der Waals surface area contributed by atoms with E-state index in [2.05, 4.69) is 46.4 Å². The summed E-state index contributed by atoms with van der Waals surface area (Å²) in [5.41, 5.74) is 1.26. The van der Waals surface area contributed by atoms with Crippen molar-refractivity contribution in [1.29, 1.82) is 0 Å². The first-order valence-electron chi connectivity index (χ1n) is 5.07. The minimum absolute atomic E-state index is 0.555. The fourth-order valence-corrected chi connectivity index (χ4v) is 1.92. The van der Waals surface area contributed by atoms with E-state index in [4.69, 9.17) is 0 Å². The lowest BCUT2D eigenvalue weighted by Gasteiger charge is -2.10. The molecule has 0 aliphatic carbocycles. The van der Waals surface area contributed by atoms with E-state index in [0.717, 1.165) is 24.8 Å². The molecule has 0 spiro atoms. The summed E-state index contributed by atoms with van der Waals surface area (Å²) in [5, 5.41) is 8.73. The molecule has 0 saturated heterocycles. The third kappa shape index (κ3) is 3.80. The molecule has 0 aromatic carbocycles. The van der Waals surface area contributed by atoms with Crippen molar-refractivity contribution in [3.05, 3.63) is 18.0 Å². The molecule has 1 aromatic heterocycles. The zero-order chi connectivity index (χ0) is 10.4. The number of rotatable bonds is 6. The maximum atomic E-state index is 4.23. The molecular formula is C10H18BrN3. The minimum atomic E-state index is 0.555. The highest BCUT2D eigenvalue weighted by Gasteiger charge is 2.01. The molecule has 0 amide bonds. The van der Waals surface area contributed by atoms with Gasteiger partial charge >= 0.3 is 0 Å². The van der Waals surface area contributed by atoms with Gasteiger partial charge in [0.05, 0.1) is 6.20 Å². The molecule has 1 atom stereocenters. The summed E-state index contributed by atoms with van der Waals surface area (Å²) in [6, 6.07) is 0.555. The first-order chi connectivity index (χ1) is 6.76. The van der Waals surface area contributed by atoms with Gasteiger partial charge in [0.25, 0.3) is 0 Å². The van der Waals surface area contributed by atoms with Crippen molar-refractivity contribution in [1.82, 2.24) is 15.1 Å². The molecule has 0 aliphatic heterocycles. The largest absolute Gasteiger partial charge is 0.310 e. The molecule has 0 aliphatic rings. The van der Waals surface area contributed by atoms with Crippen molar-refractivity contribution < 1.29 is 0 Å². The van der Waals surface area contributed by atoms with Crippen molar-refractivity contribution >= 4 is 15.9 Å². The number of aromatic nitrogens is 2. The number of hydrogen-bond donors (Lipinski definition) is 1. The van der Waals surface area contributed by atoms with Gasteiger partial charge in [0.1, 0.15) is 0 Å². The molecule has 1 rings (SSSR count). The summed E-state index contributed by atoms with van der Waals surface area (Å²) in [7, 11) is 0. The van der Waals surface area contributed by atoms with Crippen LogP contribution in [-0.2, 0) is 13.1 Å². The topological polar surface area (TPSA) is 29.9 Å². The Labute approximate surface area is 94.0 Å². The molecule has 0 bridgehead atoms. The van der Waals surface area contributed by atoms with Gasteiger partial charge < -0.3 is 5.32 Å². The number of aryl methyl sites for hydroxylation is 1. The van der Waals surface area contributed by atoms with E-state index in [9.17, 15) is 0 Å². The molecule has 1 unspecified atom stereocenters. The van der Waals surface area contributed by atoms with Gasteiger partial charge in [-0.1, -0.05) is 15.9 Å². The van der Waals surface area contributed by atoms with Crippen LogP contribution in [0.4, 0.5) is 0 Å². The average molecular weight is 260 g/mol. The summed E-state index contributed by atoms with van der Waals surface area (Å²) in [6.07, 6.45) is 5.17. The predicted molar refractivity (Wildman–Crippen MR) is 62.6 cm³/mol. The smallest absolute Gasteiger partial charge is 0.0534 e. The van der Waals surface area contributed by atoms with Crippen molar-refractivity contribution in [2.75, 3.05) is 5.33 Å². The van der Waals surface area contributed by atoms with E-state index in [1.54, 1.807) is 0 Å². The molecule has 0 saturated carbocycles. The van der Waals surface area contributed by atoms with Gasteiger partial charge in [-0.2, -0.15) is 5.10 Å². The Morgan fingerprint density at radius 1 is 1.64 bits per heavy atom. The van der Waals surface area contributed by atoms with Gasteiger partial charge in [-0.15, -0.1) is 0 Å². The lowest BCUT2D eigenvalue weighted by Crippen LogP contribution is -2.25. The van der Waals surface area contributed by atoms with Gasteiger partial charge in [0, 0.05) is 36.2 Å². The maximum absolute atomic E-state index is 4.23. The van der Waals surface area contributed by atoms with Crippen LogP contribution in [-0.4, -0.2) is 21.2 Å². The van der Waals surface area contributed by atoms with Crippen LogP contribution in [0.15, 0.2) is 12.4 Å². The third-order valence-corrected chi connectivity index (χ3v) is 2.67. The Balaban J connectivity index is 2.30. The molecule has 80 valence electrons. The normalized spacial score (nSPS) is 13.1. The average Bonchev–Trinajstić information content (AvgIpc) is 2.63. The molecule has 0 fully saturated rings. The summed E-state index contributed by atoms with van der Waals surface area (Å²) in [4.78, 5) is 0. The highest BCUT2D eigenvalue weighted by Crippen LogP contribution is 2.00. The molecule has 1 aromatic rings. The summed E-state index contributed by atoms with van der Waals surface area (Å²) in [5.74, 6) is 0. The van der Waals surface area contributed by atoms with E-state index >= 15 is 0 Å². The van der Waals surface area contributed by atoms with Crippen LogP contribution in [0.5, 0.6) is 0 Å². The molecule has 1 N–H and O–H groups in total. The van der Waals surface area contributed by atoms with Crippen molar-refractivity contribution in [2.24, 2.45) is 0 Å². The minimum Gasteiger partial charge on any atom is -0.310 e. The SMILES string of the molecule is CCn1cc(CNC(C)CCBr)cn1. The van der Waals surface area contributed by atoms with Gasteiger partial charge in [0.15, 0.2) is 0 Å². The number of hydrogen-bond acceptors (Lipinski definition) is 2. The zero-order valence-corrected chi connectivity index (χ0v) is 10.4. The standard InChI is InChI=1S/C10H18BrN3/c1-3-14-8-10(7-13-14)6-12-9(2)4-5-11/h7-9,12H,3-6H2,1-2H3. The lowest BCUT2D eigenvalue weighted by molar-refractivity contribution is 0.538. The quantitative estimate of drug-likeness (QED) is 0.794. The number of halogens is 1. The molecule has 0 radical (unpaired) electrons. The highest BCUT2D eigenvalue weighted by atomic mass is 79.9. The van der Waals surface area contributed by atoms with Crippen LogP contribution < -0.4 is 5.32 Å². The van der Waals surface area contributed by atoms with Crippen LogP contribution >= 0.6 is 15.9 Å². The predicted octanol–water partition coefficient (Wildman–Crippen LogP) is 2.17. The second-order valence-electron chi connectivity index (χ2n) is 3.46. The monoisotopic (exact) mass is 259 g/mol. The Kier molecular flexibility index (Phi) is 5.19. The number of alkyl halides is 1. The molecular weight excluding hydrogens is 242 g/mol. The first-order valence-corrected chi connectivity index (χ1v) is 6.19. The van der Waals surface area contributed by atoms with Crippen LogP contribution in [0.25, 0.3) is 0 Å². The Hall–Kier alpha value is -0.350. The van der Waals surface area contributed by atoms with Crippen molar-refractivity contribution in [3.63, 3.8) is 0 Å². The first kappa shape index (κ1) is 11.7. The van der Waals surface area contributed by atoms with E-state index in [1.165, 1.54) is 5.56 Å². The fourth-order valence-electron chi connectivity index (χ4n) is 1.23. The molecule has 3 nitrogen and oxygen atoms in total. The van der Waals surface area contributed by atoms with Gasteiger partial charge in [-0.3, -0.25) is 4.68 Å². The van der Waals surface area contributed by atoms with Crippen LogP contribution in [0.3, 0.4) is 0 Å². The fraction of sp³-hybridized carbons (Fsp3) is 0.700. The third-order valence-electron chi connectivity index (χ3n) is 2.21. The van der Waals surface area contributed by atoms with E-state index < -0.39 is 0 Å². The zero-order valence-electron chi connectivity index (χ0n) is 8.83. The Morgan fingerprint density at radius 3 is 3.00 bits per heavy atom. The summed E-state index contributed by atoms with van der Waals surface area (Å²) < 4.78 is 1.95. The second-order valence-corrected chi connectivity index (χ2v) is 4.26. The highest BCUT2D eigenvalue weighted by molar-refractivity contribution is 9.09. The molecule has 4 heteroatoms. The summed E-state index contributed by atoms with van der Waals surface area (Å²) >= 11 is 3.44. The van der Waals surface area contributed by atoms with Crippen LogP contribution in [0.1, 0.15) is 25.8 Å². The maximum Gasteiger partial charge on any atom is 0.0534 e. The van der Waals surface area contributed by atoms with E-state index in [-0.39, 0.29) is 0 Å². The van der Waals surface area contributed by atoms with Crippen molar-refractivity contribution in [2.45, 2.75) is 39.4 Å². The number of nitrogens with one attached hydrogen (secondary N) is 1. The molecule has 1 heterocycles. The summed E-state index contributed by atoms with van der Waals surface area (Å²) in [6.45, 7) is 6.15. The number of nitrogens with zero attached hydrogens (tertiary/aromatic N) is 2. The van der Waals surface area contributed by atoms with E-state index in [0.29, 0.717) is 6.04 Å². The van der Waals surface area contributed by atoms with Gasteiger partial charge in [0.2, 0.25) is 0 Å². The van der Waals surface area contributed by atoms with Gasteiger partial charge in [-0.25, -0.2) is 0 Å². The lowest BCUT2D eigenvalue weighted by atomic mass is 10.2. The van der Waals surface area contributed by atoms with Crippen LogP contribution in [0.2, 0.25) is 0 Å². The van der Waals surface area contributed by atoms with E-state index in [1.807, 2.05) is 10.9 Å².